The zero-order chi connectivity index (χ0) is 20.9. The van der Waals surface area contributed by atoms with Gasteiger partial charge in [-0.3, -0.25) is 15.0 Å². The summed E-state index contributed by atoms with van der Waals surface area (Å²) in [6, 6.07) is 18.4. The van der Waals surface area contributed by atoms with Crippen LogP contribution in [-0.4, -0.2) is 28.9 Å². The third-order valence-corrected chi connectivity index (χ3v) is 6.20. The third kappa shape index (κ3) is 5.07. The quantitative estimate of drug-likeness (QED) is 0.593. The van der Waals surface area contributed by atoms with E-state index >= 15 is 0 Å². The van der Waals surface area contributed by atoms with Crippen molar-refractivity contribution in [1.82, 2.24) is 9.88 Å². The van der Waals surface area contributed by atoms with Crippen LogP contribution in [0.25, 0.3) is 0 Å². The lowest BCUT2D eigenvalue weighted by atomic mass is 10.0. The van der Waals surface area contributed by atoms with Crippen molar-refractivity contribution in [3.05, 3.63) is 76.3 Å². The topological polar surface area (TPSA) is 54.5 Å². The molecule has 0 saturated heterocycles. The molecule has 5 nitrogen and oxygen atoms in total. The molecule has 0 radical (unpaired) electrons. The highest BCUT2D eigenvalue weighted by Crippen LogP contribution is 2.29. The number of aromatic nitrogens is 1. The van der Waals surface area contributed by atoms with E-state index in [1.807, 2.05) is 30.3 Å². The first-order valence-electron chi connectivity index (χ1n) is 10.3. The molecule has 1 amide bonds. The molecule has 6 heteroatoms. The first-order valence-corrected chi connectivity index (χ1v) is 11.2. The second kappa shape index (κ2) is 9.41. The fourth-order valence-corrected chi connectivity index (χ4v) is 4.73. The van der Waals surface area contributed by atoms with Crippen LogP contribution in [0.4, 0.5) is 5.13 Å². The van der Waals surface area contributed by atoms with Crippen molar-refractivity contribution in [2.24, 2.45) is 0 Å². The van der Waals surface area contributed by atoms with Crippen molar-refractivity contribution in [3.8, 4) is 5.75 Å². The first kappa shape index (κ1) is 20.6. The maximum atomic E-state index is 12.4. The van der Waals surface area contributed by atoms with Crippen LogP contribution in [0.15, 0.2) is 54.6 Å². The van der Waals surface area contributed by atoms with Gasteiger partial charge in [0.05, 0.1) is 5.69 Å². The van der Waals surface area contributed by atoms with Gasteiger partial charge < -0.3 is 4.74 Å². The van der Waals surface area contributed by atoms with E-state index in [0.717, 1.165) is 43.1 Å². The van der Waals surface area contributed by atoms with Crippen LogP contribution in [0.3, 0.4) is 0 Å². The van der Waals surface area contributed by atoms with Crippen molar-refractivity contribution in [3.63, 3.8) is 0 Å². The van der Waals surface area contributed by atoms with E-state index in [1.54, 1.807) is 11.3 Å². The average Bonchev–Trinajstić information content (AvgIpc) is 3.14. The fourth-order valence-electron chi connectivity index (χ4n) is 3.67. The molecule has 30 heavy (non-hydrogen) atoms. The zero-order valence-electron chi connectivity index (χ0n) is 17.4. The Morgan fingerprint density at radius 1 is 1.17 bits per heavy atom. The normalized spacial score (nSPS) is 13.8. The molecule has 1 aromatic heterocycles. The number of carbonyl (C=O) groups is 1. The maximum absolute atomic E-state index is 12.4. The van der Waals surface area contributed by atoms with Gasteiger partial charge in [0.1, 0.15) is 5.75 Å². The van der Waals surface area contributed by atoms with E-state index in [0.29, 0.717) is 11.0 Å². The Labute approximate surface area is 181 Å². The smallest absolute Gasteiger partial charge is 0.264 e. The molecule has 0 fully saturated rings. The van der Waals surface area contributed by atoms with Crippen molar-refractivity contribution < 1.29 is 9.53 Å². The number of hydrogen-bond acceptors (Lipinski definition) is 5. The summed E-state index contributed by atoms with van der Waals surface area (Å²) < 4.78 is 5.77. The number of amides is 1. The van der Waals surface area contributed by atoms with Crippen molar-refractivity contribution in [2.75, 3.05) is 18.5 Å². The Balaban J connectivity index is 1.33. The third-order valence-electron chi connectivity index (χ3n) is 5.21. The molecule has 4 rings (SSSR count). The van der Waals surface area contributed by atoms with Gasteiger partial charge in [-0.15, -0.1) is 11.3 Å². The Hall–Kier alpha value is -2.70. The number of thiazole rings is 1. The molecule has 0 aliphatic carbocycles. The summed E-state index contributed by atoms with van der Waals surface area (Å²) >= 11 is 1.57. The lowest BCUT2D eigenvalue weighted by Crippen LogP contribution is -2.29. The lowest BCUT2D eigenvalue weighted by molar-refractivity contribution is -0.118. The Bertz CT molecular complexity index is 1000. The summed E-state index contributed by atoms with van der Waals surface area (Å²) in [5.74, 6) is 0.923. The average molecular weight is 422 g/mol. The summed E-state index contributed by atoms with van der Waals surface area (Å²) in [5.41, 5.74) is 3.53. The predicted octanol–water partition coefficient (Wildman–Crippen LogP) is 4.84. The van der Waals surface area contributed by atoms with Crippen LogP contribution in [0.1, 0.15) is 41.5 Å². The predicted molar refractivity (Wildman–Crippen MR) is 121 cm³/mol. The summed E-state index contributed by atoms with van der Waals surface area (Å²) in [6.07, 6.45) is 0.910. The molecule has 0 spiro atoms. The van der Waals surface area contributed by atoms with Gasteiger partial charge >= 0.3 is 0 Å². The molecule has 156 valence electrons. The summed E-state index contributed by atoms with van der Waals surface area (Å²) in [7, 11) is 0. The second-order valence-electron chi connectivity index (χ2n) is 7.86. The Morgan fingerprint density at radius 2 is 1.93 bits per heavy atom. The van der Waals surface area contributed by atoms with Gasteiger partial charge in [-0.2, -0.15) is 0 Å². The molecule has 0 saturated carbocycles. The SMILES string of the molecule is CC(C)c1ccccc1OCC(=O)Nc1nc2c(s1)CN(Cc1ccccc1)CC2. The molecule has 1 N–H and O–H groups in total. The van der Waals surface area contributed by atoms with Gasteiger partial charge in [0.25, 0.3) is 5.91 Å². The Kier molecular flexibility index (Phi) is 6.45. The van der Waals surface area contributed by atoms with Crippen LogP contribution in [0.5, 0.6) is 5.75 Å². The molecule has 0 atom stereocenters. The van der Waals surface area contributed by atoms with Gasteiger partial charge in [0, 0.05) is 30.9 Å². The lowest BCUT2D eigenvalue weighted by Gasteiger charge is -2.25. The zero-order valence-corrected chi connectivity index (χ0v) is 18.2. The van der Waals surface area contributed by atoms with Gasteiger partial charge in [0.15, 0.2) is 11.7 Å². The first-order chi connectivity index (χ1) is 14.6. The number of para-hydroxylation sites is 1. The van der Waals surface area contributed by atoms with Crippen LogP contribution in [0, 0.1) is 0 Å². The van der Waals surface area contributed by atoms with E-state index in [9.17, 15) is 4.79 Å². The highest BCUT2D eigenvalue weighted by atomic mass is 32.1. The van der Waals surface area contributed by atoms with Gasteiger partial charge in [-0.25, -0.2) is 4.98 Å². The Morgan fingerprint density at radius 3 is 2.73 bits per heavy atom. The number of ether oxygens (including phenoxy) is 1. The minimum atomic E-state index is -0.180. The molecule has 1 aliphatic rings. The molecule has 0 bridgehead atoms. The monoisotopic (exact) mass is 421 g/mol. The molecule has 2 aromatic carbocycles. The second-order valence-corrected chi connectivity index (χ2v) is 8.95. The summed E-state index contributed by atoms with van der Waals surface area (Å²) in [4.78, 5) is 20.7. The van der Waals surface area contributed by atoms with E-state index in [1.165, 1.54) is 10.4 Å². The summed E-state index contributed by atoms with van der Waals surface area (Å²) in [5, 5.41) is 3.57. The van der Waals surface area contributed by atoms with Crippen molar-refractivity contribution in [1.29, 1.82) is 0 Å². The number of fused-ring (bicyclic) bond motifs is 1. The number of carbonyl (C=O) groups excluding carboxylic acids is 1. The highest BCUT2D eigenvalue weighted by Gasteiger charge is 2.21. The van der Waals surface area contributed by atoms with Gasteiger partial charge in [0.2, 0.25) is 0 Å². The standard InChI is InChI=1S/C24H27N3O2S/c1-17(2)19-10-6-7-11-21(19)29-16-23(28)26-24-25-20-12-13-27(15-22(20)30-24)14-18-8-4-3-5-9-18/h3-11,17H,12-16H2,1-2H3,(H,25,26,28). The highest BCUT2D eigenvalue weighted by molar-refractivity contribution is 7.15. The number of hydrogen-bond donors (Lipinski definition) is 1. The molecular weight excluding hydrogens is 394 g/mol. The van der Waals surface area contributed by atoms with E-state index in [4.69, 9.17) is 4.74 Å². The van der Waals surface area contributed by atoms with Crippen molar-refractivity contribution >= 4 is 22.4 Å². The number of rotatable bonds is 7. The van der Waals surface area contributed by atoms with E-state index < -0.39 is 0 Å². The van der Waals surface area contributed by atoms with Crippen LogP contribution < -0.4 is 10.1 Å². The molecule has 2 heterocycles. The minimum absolute atomic E-state index is 0.0197. The van der Waals surface area contributed by atoms with Crippen LogP contribution in [0.2, 0.25) is 0 Å². The maximum Gasteiger partial charge on any atom is 0.264 e. The number of benzene rings is 2. The molecule has 1 aliphatic heterocycles. The fraction of sp³-hybridized carbons (Fsp3) is 0.333. The van der Waals surface area contributed by atoms with E-state index in [2.05, 4.69) is 53.3 Å². The molecule has 0 unspecified atom stereocenters. The van der Waals surface area contributed by atoms with Gasteiger partial charge in [-0.1, -0.05) is 62.4 Å². The van der Waals surface area contributed by atoms with Gasteiger partial charge in [-0.05, 0) is 23.1 Å². The molecule has 3 aromatic rings. The van der Waals surface area contributed by atoms with Crippen LogP contribution in [-0.2, 0) is 24.3 Å². The molecular formula is C24H27N3O2S. The summed E-state index contributed by atoms with van der Waals surface area (Å²) in [6.45, 7) is 6.99. The minimum Gasteiger partial charge on any atom is -0.483 e. The van der Waals surface area contributed by atoms with Crippen molar-refractivity contribution in [2.45, 2.75) is 39.3 Å². The number of nitrogens with one attached hydrogen (secondary N) is 1. The van der Waals surface area contributed by atoms with E-state index in [-0.39, 0.29) is 12.5 Å². The number of nitrogens with zero attached hydrogens (tertiary/aromatic N) is 2. The largest absolute Gasteiger partial charge is 0.483 e. The van der Waals surface area contributed by atoms with Crippen LogP contribution >= 0.6 is 11.3 Å². The number of anilines is 1.